The minimum atomic E-state index is -0.467. The third-order valence-electron chi connectivity index (χ3n) is 2.93. The van der Waals surface area contributed by atoms with Crippen molar-refractivity contribution in [3.63, 3.8) is 0 Å². The summed E-state index contributed by atoms with van der Waals surface area (Å²) in [6.07, 6.45) is 2.50. The Kier molecular flexibility index (Phi) is 4.74. The molecule has 104 valence electrons. The second kappa shape index (κ2) is 6.52. The van der Waals surface area contributed by atoms with Crippen LogP contribution in [0.15, 0.2) is 18.2 Å². The molecule has 0 heterocycles. The van der Waals surface area contributed by atoms with E-state index in [1.807, 2.05) is 0 Å². The zero-order chi connectivity index (χ0) is 13.7. The van der Waals surface area contributed by atoms with Crippen molar-refractivity contribution in [3.8, 4) is 5.75 Å². The molecule has 0 aromatic heterocycles. The molecule has 4 nitrogen and oxygen atoms in total. The fourth-order valence-electron chi connectivity index (χ4n) is 1.77. The minimum Gasteiger partial charge on any atom is -0.491 e. The smallest absolute Gasteiger partial charge is 0.238 e. The first-order valence-corrected chi connectivity index (χ1v) is 6.62. The summed E-state index contributed by atoms with van der Waals surface area (Å²) in [6.45, 7) is 3.34. The Morgan fingerprint density at radius 2 is 2.26 bits per heavy atom. The van der Waals surface area contributed by atoms with Gasteiger partial charge in [-0.1, -0.05) is 0 Å². The Hall–Kier alpha value is -1.62. The van der Waals surface area contributed by atoms with Crippen LogP contribution in [0.5, 0.6) is 5.75 Å². The van der Waals surface area contributed by atoms with Crippen LogP contribution in [-0.2, 0) is 4.79 Å². The van der Waals surface area contributed by atoms with Crippen molar-refractivity contribution in [2.24, 2.45) is 5.92 Å². The lowest BCUT2D eigenvalue weighted by atomic mass is 10.3. The molecule has 1 fully saturated rings. The molecule has 0 spiro atoms. The van der Waals surface area contributed by atoms with E-state index in [0.717, 1.165) is 12.5 Å². The first-order valence-electron chi connectivity index (χ1n) is 6.62. The summed E-state index contributed by atoms with van der Waals surface area (Å²) in [6, 6.07) is 4.42. The van der Waals surface area contributed by atoms with E-state index in [1.54, 1.807) is 13.0 Å². The summed E-state index contributed by atoms with van der Waals surface area (Å²) in [7, 11) is 0. The second-order valence-corrected chi connectivity index (χ2v) is 4.70. The molecule has 1 amide bonds. The Morgan fingerprint density at radius 1 is 1.47 bits per heavy atom. The normalized spacial score (nSPS) is 14.2. The van der Waals surface area contributed by atoms with E-state index in [4.69, 9.17) is 4.74 Å². The van der Waals surface area contributed by atoms with Crippen molar-refractivity contribution in [2.75, 3.05) is 25.0 Å². The predicted octanol–water partition coefficient (Wildman–Crippen LogP) is 2.16. The predicted molar refractivity (Wildman–Crippen MR) is 71.8 cm³/mol. The molecule has 1 aromatic carbocycles. The van der Waals surface area contributed by atoms with Crippen LogP contribution in [0.3, 0.4) is 0 Å². The van der Waals surface area contributed by atoms with E-state index in [2.05, 4.69) is 10.6 Å². The number of hydrogen-bond acceptors (Lipinski definition) is 3. The van der Waals surface area contributed by atoms with E-state index in [-0.39, 0.29) is 18.2 Å². The van der Waals surface area contributed by atoms with Crippen molar-refractivity contribution < 1.29 is 13.9 Å². The summed E-state index contributed by atoms with van der Waals surface area (Å²) in [5, 5.41) is 5.73. The number of anilines is 1. The van der Waals surface area contributed by atoms with Crippen LogP contribution < -0.4 is 15.4 Å². The number of ether oxygens (including phenoxy) is 1. The van der Waals surface area contributed by atoms with Gasteiger partial charge in [-0.3, -0.25) is 4.79 Å². The Bertz CT molecular complexity index is 447. The SMILES string of the molecule is CCOc1ccc(NC(=O)CNCC2CC2)cc1F. The fraction of sp³-hybridized carbons (Fsp3) is 0.500. The standard InChI is InChI=1S/C14H19FN2O2/c1-2-19-13-6-5-11(7-12(13)15)17-14(18)9-16-8-10-3-4-10/h5-7,10,16H,2-4,8-9H2,1H3,(H,17,18). The van der Waals surface area contributed by atoms with Crippen molar-refractivity contribution >= 4 is 11.6 Å². The van der Waals surface area contributed by atoms with E-state index < -0.39 is 5.82 Å². The van der Waals surface area contributed by atoms with Crippen LogP contribution >= 0.6 is 0 Å². The maximum atomic E-state index is 13.6. The van der Waals surface area contributed by atoms with Crippen LogP contribution in [0.1, 0.15) is 19.8 Å². The Morgan fingerprint density at radius 3 is 2.89 bits per heavy atom. The summed E-state index contributed by atoms with van der Waals surface area (Å²) < 4.78 is 18.7. The van der Waals surface area contributed by atoms with Gasteiger partial charge in [-0.2, -0.15) is 0 Å². The van der Waals surface area contributed by atoms with E-state index >= 15 is 0 Å². The molecule has 0 atom stereocenters. The molecular formula is C14H19FN2O2. The lowest BCUT2D eigenvalue weighted by molar-refractivity contribution is -0.115. The maximum absolute atomic E-state index is 13.6. The molecule has 0 radical (unpaired) electrons. The third kappa shape index (κ3) is 4.52. The van der Waals surface area contributed by atoms with Crippen LogP contribution in [0.2, 0.25) is 0 Å². The first kappa shape index (κ1) is 13.8. The van der Waals surface area contributed by atoms with Gasteiger partial charge in [0, 0.05) is 11.8 Å². The molecule has 1 aliphatic rings. The highest BCUT2D eigenvalue weighted by Gasteiger charge is 2.20. The molecule has 1 saturated carbocycles. The summed E-state index contributed by atoms with van der Waals surface area (Å²) >= 11 is 0. The number of halogens is 1. The van der Waals surface area contributed by atoms with Crippen LogP contribution in [0.25, 0.3) is 0 Å². The fourth-order valence-corrected chi connectivity index (χ4v) is 1.77. The topological polar surface area (TPSA) is 50.4 Å². The zero-order valence-corrected chi connectivity index (χ0v) is 11.0. The van der Waals surface area contributed by atoms with Gasteiger partial charge < -0.3 is 15.4 Å². The van der Waals surface area contributed by atoms with E-state index in [9.17, 15) is 9.18 Å². The highest BCUT2D eigenvalue weighted by molar-refractivity contribution is 5.92. The van der Waals surface area contributed by atoms with Crippen molar-refractivity contribution in [3.05, 3.63) is 24.0 Å². The molecule has 5 heteroatoms. The highest BCUT2D eigenvalue weighted by Crippen LogP contribution is 2.27. The number of amides is 1. The summed E-state index contributed by atoms with van der Waals surface area (Å²) in [5.41, 5.74) is 0.444. The van der Waals surface area contributed by atoms with Crippen LogP contribution in [-0.4, -0.2) is 25.6 Å². The Balaban J connectivity index is 1.80. The van der Waals surface area contributed by atoms with Crippen molar-refractivity contribution in [2.45, 2.75) is 19.8 Å². The summed E-state index contributed by atoms with van der Waals surface area (Å²) in [5.74, 6) is 0.304. The van der Waals surface area contributed by atoms with Crippen molar-refractivity contribution in [1.29, 1.82) is 0 Å². The maximum Gasteiger partial charge on any atom is 0.238 e. The number of carbonyl (C=O) groups excluding carboxylic acids is 1. The second-order valence-electron chi connectivity index (χ2n) is 4.70. The van der Waals surface area contributed by atoms with Crippen molar-refractivity contribution in [1.82, 2.24) is 5.32 Å². The van der Waals surface area contributed by atoms with Gasteiger partial charge in [-0.25, -0.2) is 4.39 Å². The molecule has 19 heavy (non-hydrogen) atoms. The monoisotopic (exact) mass is 266 g/mol. The number of rotatable bonds is 7. The lowest BCUT2D eigenvalue weighted by Crippen LogP contribution is -2.29. The molecule has 0 unspecified atom stereocenters. The van der Waals surface area contributed by atoms with Gasteiger partial charge in [-0.05, 0) is 44.4 Å². The molecule has 0 saturated heterocycles. The molecule has 0 aliphatic heterocycles. The number of hydrogen-bond donors (Lipinski definition) is 2. The molecule has 1 aliphatic carbocycles. The van der Waals surface area contributed by atoms with Gasteiger partial charge in [-0.15, -0.1) is 0 Å². The van der Waals surface area contributed by atoms with E-state index in [0.29, 0.717) is 12.3 Å². The zero-order valence-electron chi connectivity index (χ0n) is 11.0. The van der Waals surface area contributed by atoms with Gasteiger partial charge >= 0.3 is 0 Å². The molecular weight excluding hydrogens is 247 g/mol. The van der Waals surface area contributed by atoms with Crippen LogP contribution in [0, 0.1) is 11.7 Å². The number of carbonyl (C=O) groups is 1. The first-order chi connectivity index (χ1) is 9.19. The molecule has 1 aromatic rings. The lowest BCUT2D eigenvalue weighted by Gasteiger charge is -2.09. The molecule has 2 N–H and O–H groups in total. The average Bonchev–Trinajstić information content (AvgIpc) is 3.17. The highest BCUT2D eigenvalue weighted by atomic mass is 19.1. The van der Waals surface area contributed by atoms with Crippen LogP contribution in [0.4, 0.5) is 10.1 Å². The third-order valence-corrected chi connectivity index (χ3v) is 2.93. The quantitative estimate of drug-likeness (QED) is 0.795. The molecule has 2 rings (SSSR count). The number of nitrogens with one attached hydrogen (secondary N) is 2. The molecule has 0 bridgehead atoms. The number of benzene rings is 1. The average molecular weight is 266 g/mol. The van der Waals surface area contributed by atoms with E-state index in [1.165, 1.54) is 25.0 Å². The largest absolute Gasteiger partial charge is 0.491 e. The summed E-state index contributed by atoms with van der Waals surface area (Å²) in [4.78, 5) is 11.6. The van der Waals surface area contributed by atoms with Gasteiger partial charge in [0.15, 0.2) is 11.6 Å². The van der Waals surface area contributed by atoms with Gasteiger partial charge in [0.05, 0.1) is 13.2 Å². The Labute approximate surface area is 112 Å². The van der Waals surface area contributed by atoms with Gasteiger partial charge in [0.25, 0.3) is 0 Å². The minimum absolute atomic E-state index is 0.163. The van der Waals surface area contributed by atoms with Gasteiger partial charge in [0.2, 0.25) is 5.91 Å². The van der Waals surface area contributed by atoms with Gasteiger partial charge in [0.1, 0.15) is 0 Å².